The van der Waals surface area contributed by atoms with Gasteiger partial charge >= 0.3 is 6.03 Å². The molecule has 23 heavy (non-hydrogen) atoms. The summed E-state index contributed by atoms with van der Waals surface area (Å²) >= 11 is 0. The summed E-state index contributed by atoms with van der Waals surface area (Å²) in [5.41, 5.74) is 1.79. The lowest BCUT2D eigenvalue weighted by atomic mass is 10.0. The molecule has 0 aliphatic carbocycles. The lowest BCUT2D eigenvalue weighted by Gasteiger charge is -2.16. The molecule has 0 aromatic heterocycles. The van der Waals surface area contributed by atoms with Crippen LogP contribution in [0.15, 0.2) is 24.3 Å². The Morgan fingerprint density at radius 1 is 1.17 bits per heavy atom. The Bertz CT molecular complexity index is 463. The molecule has 5 heteroatoms. The Morgan fingerprint density at radius 2 is 1.96 bits per heavy atom. The first-order valence-corrected chi connectivity index (χ1v) is 8.24. The number of ether oxygens (including phenoxy) is 2. The lowest BCUT2D eigenvalue weighted by Crippen LogP contribution is -2.36. The van der Waals surface area contributed by atoms with Gasteiger partial charge in [-0.15, -0.1) is 0 Å². The molecule has 1 atom stereocenters. The van der Waals surface area contributed by atoms with Crippen molar-refractivity contribution in [3.63, 3.8) is 0 Å². The van der Waals surface area contributed by atoms with Crippen LogP contribution >= 0.6 is 0 Å². The monoisotopic (exact) mass is 322 g/mol. The quantitative estimate of drug-likeness (QED) is 0.644. The third-order valence-electron chi connectivity index (χ3n) is 3.44. The van der Waals surface area contributed by atoms with Crippen molar-refractivity contribution in [2.24, 2.45) is 5.92 Å². The summed E-state index contributed by atoms with van der Waals surface area (Å²) in [7, 11) is 1.65. The van der Waals surface area contributed by atoms with Crippen molar-refractivity contribution in [2.75, 3.05) is 25.6 Å². The summed E-state index contributed by atoms with van der Waals surface area (Å²) in [5.74, 6) is 0.650. The van der Waals surface area contributed by atoms with Gasteiger partial charge in [-0.25, -0.2) is 4.79 Å². The second-order valence-corrected chi connectivity index (χ2v) is 6.22. The minimum Gasteiger partial charge on any atom is -0.382 e. The van der Waals surface area contributed by atoms with E-state index >= 15 is 0 Å². The summed E-state index contributed by atoms with van der Waals surface area (Å²) in [6.07, 6.45) is 2.09. The van der Waals surface area contributed by atoms with Crippen LogP contribution in [0.4, 0.5) is 10.5 Å². The minimum atomic E-state index is -0.168. The third-order valence-corrected chi connectivity index (χ3v) is 3.44. The van der Waals surface area contributed by atoms with Crippen molar-refractivity contribution in [2.45, 2.75) is 46.3 Å². The van der Waals surface area contributed by atoms with Crippen LogP contribution in [0.3, 0.4) is 0 Å². The zero-order valence-corrected chi connectivity index (χ0v) is 14.7. The van der Waals surface area contributed by atoms with Gasteiger partial charge in [0.1, 0.15) is 0 Å². The molecule has 2 N–H and O–H groups in total. The Kier molecular flexibility index (Phi) is 9.33. The number of urea groups is 1. The summed E-state index contributed by atoms with van der Waals surface area (Å²) in [6.45, 7) is 8.05. The van der Waals surface area contributed by atoms with Crippen LogP contribution in [0, 0.1) is 5.92 Å². The fourth-order valence-corrected chi connectivity index (χ4v) is 2.12. The molecule has 1 rings (SSSR count). The number of hydrogen-bond acceptors (Lipinski definition) is 3. The highest BCUT2D eigenvalue weighted by molar-refractivity contribution is 5.89. The zero-order valence-electron chi connectivity index (χ0n) is 14.7. The molecule has 1 unspecified atom stereocenters. The molecule has 0 saturated heterocycles. The minimum absolute atomic E-state index is 0.165. The van der Waals surface area contributed by atoms with Crippen LogP contribution in [-0.4, -0.2) is 32.4 Å². The molecule has 2 amide bonds. The number of hydrogen-bond donors (Lipinski definition) is 2. The second kappa shape index (κ2) is 11.0. The first kappa shape index (κ1) is 19.5. The van der Waals surface area contributed by atoms with Gasteiger partial charge in [-0.05, 0) is 43.4 Å². The van der Waals surface area contributed by atoms with Crippen LogP contribution in [0.1, 0.15) is 39.2 Å². The Balaban J connectivity index is 2.39. The van der Waals surface area contributed by atoms with Crippen LogP contribution in [0.5, 0.6) is 0 Å². The molecular formula is C18H30N2O3. The van der Waals surface area contributed by atoms with E-state index in [1.54, 1.807) is 7.11 Å². The molecule has 1 aromatic rings. The van der Waals surface area contributed by atoms with Crippen molar-refractivity contribution in [1.82, 2.24) is 5.32 Å². The lowest BCUT2D eigenvalue weighted by molar-refractivity contribution is 0.0617. The topological polar surface area (TPSA) is 59.6 Å². The molecule has 0 aliphatic rings. The average molecular weight is 322 g/mol. The Labute approximate surface area is 139 Å². The number of nitrogens with one attached hydrogen (secondary N) is 2. The van der Waals surface area contributed by atoms with E-state index in [0.29, 0.717) is 25.7 Å². The van der Waals surface area contributed by atoms with Crippen molar-refractivity contribution in [3.8, 4) is 0 Å². The van der Waals surface area contributed by atoms with E-state index < -0.39 is 0 Å². The maximum absolute atomic E-state index is 12.0. The number of methoxy groups -OCH3 is 1. The van der Waals surface area contributed by atoms with Gasteiger partial charge in [0.2, 0.25) is 0 Å². The molecule has 0 spiro atoms. The number of rotatable bonds is 10. The third kappa shape index (κ3) is 9.21. The molecule has 0 aliphatic heterocycles. The zero-order chi connectivity index (χ0) is 17.1. The largest absolute Gasteiger partial charge is 0.382 e. The van der Waals surface area contributed by atoms with Gasteiger partial charge in [0.15, 0.2) is 0 Å². The van der Waals surface area contributed by atoms with Crippen LogP contribution in [-0.2, 0) is 16.1 Å². The molecule has 5 nitrogen and oxygen atoms in total. The van der Waals surface area contributed by atoms with Crippen molar-refractivity contribution >= 4 is 11.7 Å². The van der Waals surface area contributed by atoms with Gasteiger partial charge in [-0.2, -0.15) is 0 Å². The van der Waals surface area contributed by atoms with E-state index in [1.165, 1.54) is 0 Å². The van der Waals surface area contributed by atoms with E-state index in [9.17, 15) is 4.79 Å². The predicted molar refractivity (Wildman–Crippen MR) is 93.7 cm³/mol. The van der Waals surface area contributed by atoms with E-state index in [2.05, 4.69) is 24.5 Å². The number of amides is 2. The van der Waals surface area contributed by atoms with Gasteiger partial charge in [0.25, 0.3) is 0 Å². The standard InChI is InChI=1S/C18H30N2O3/c1-14(2)8-9-15(3)19-18(21)20-17-7-5-6-16(12-17)13-23-11-10-22-4/h5-7,12,14-15H,8-11,13H2,1-4H3,(H2,19,20,21). The molecule has 0 radical (unpaired) electrons. The maximum atomic E-state index is 12.0. The Hall–Kier alpha value is -1.59. The summed E-state index contributed by atoms with van der Waals surface area (Å²) in [5, 5.41) is 5.84. The van der Waals surface area contributed by atoms with Crippen molar-refractivity contribution in [3.05, 3.63) is 29.8 Å². The highest BCUT2D eigenvalue weighted by atomic mass is 16.5. The van der Waals surface area contributed by atoms with Gasteiger partial charge < -0.3 is 20.1 Å². The van der Waals surface area contributed by atoms with Crippen LogP contribution in [0.2, 0.25) is 0 Å². The fourth-order valence-electron chi connectivity index (χ4n) is 2.12. The first-order chi connectivity index (χ1) is 11.0. The van der Waals surface area contributed by atoms with E-state index in [0.717, 1.165) is 24.1 Å². The number of carbonyl (C=O) groups is 1. The highest BCUT2D eigenvalue weighted by Crippen LogP contribution is 2.12. The smallest absolute Gasteiger partial charge is 0.319 e. The number of carbonyl (C=O) groups excluding carboxylic acids is 1. The summed E-state index contributed by atoms with van der Waals surface area (Å²) < 4.78 is 10.4. The normalized spacial score (nSPS) is 12.2. The van der Waals surface area contributed by atoms with Crippen molar-refractivity contribution in [1.29, 1.82) is 0 Å². The molecule has 0 fully saturated rings. The molecule has 0 saturated carbocycles. The molecule has 130 valence electrons. The van der Waals surface area contributed by atoms with Crippen molar-refractivity contribution < 1.29 is 14.3 Å². The highest BCUT2D eigenvalue weighted by Gasteiger charge is 2.08. The van der Waals surface area contributed by atoms with Gasteiger partial charge in [-0.1, -0.05) is 26.0 Å². The van der Waals surface area contributed by atoms with E-state index in [1.807, 2.05) is 31.2 Å². The van der Waals surface area contributed by atoms with Gasteiger partial charge in [0.05, 0.1) is 19.8 Å². The number of anilines is 1. The maximum Gasteiger partial charge on any atom is 0.319 e. The molecule has 0 heterocycles. The summed E-state index contributed by atoms with van der Waals surface area (Å²) in [6, 6.07) is 7.67. The number of benzene rings is 1. The van der Waals surface area contributed by atoms with Gasteiger partial charge in [0, 0.05) is 18.8 Å². The molecule has 1 aromatic carbocycles. The summed E-state index contributed by atoms with van der Waals surface area (Å²) in [4.78, 5) is 12.0. The molecular weight excluding hydrogens is 292 g/mol. The SMILES string of the molecule is COCCOCc1cccc(NC(=O)NC(C)CCC(C)C)c1. The predicted octanol–water partition coefficient (Wildman–Crippen LogP) is 3.80. The fraction of sp³-hybridized carbons (Fsp3) is 0.611. The first-order valence-electron chi connectivity index (χ1n) is 8.24. The second-order valence-electron chi connectivity index (χ2n) is 6.22. The van der Waals surface area contributed by atoms with Crippen LogP contribution in [0.25, 0.3) is 0 Å². The molecule has 0 bridgehead atoms. The van der Waals surface area contributed by atoms with Gasteiger partial charge in [-0.3, -0.25) is 0 Å². The Morgan fingerprint density at radius 3 is 2.65 bits per heavy atom. The van der Waals surface area contributed by atoms with Crippen LogP contribution < -0.4 is 10.6 Å². The van der Waals surface area contributed by atoms with E-state index in [-0.39, 0.29) is 12.1 Å². The average Bonchev–Trinajstić information content (AvgIpc) is 2.50. The van der Waals surface area contributed by atoms with E-state index in [4.69, 9.17) is 9.47 Å².